The zero-order valence-electron chi connectivity index (χ0n) is 32.9. The van der Waals surface area contributed by atoms with Gasteiger partial charge in [-0.2, -0.15) is 0 Å². The van der Waals surface area contributed by atoms with Crippen molar-refractivity contribution in [1.82, 2.24) is 9.55 Å². The van der Waals surface area contributed by atoms with Crippen molar-refractivity contribution >= 4 is 65.0 Å². The SMILES string of the molecule is Cc1ccccc1-c1ccccc1-c1ccc(-c2c3ccccc3cc3c4ccc5ccccc5c4n(-c4cc(-c5ccc6ccccc6c5)c5c#cccc5n4)c23)cc1. The van der Waals surface area contributed by atoms with Crippen molar-refractivity contribution in [2.45, 2.75) is 6.92 Å². The number of aromatic nitrogens is 2. The third-order valence-electron chi connectivity index (χ3n) is 12.4. The van der Waals surface area contributed by atoms with E-state index in [4.69, 9.17) is 4.98 Å². The Morgan fingerprint density at radius 2 is 1.07 bits per heavy atom. The fourth-order valence-electron chi connectivity index (χ4n) is 9.52. The van der Waals surface area contributed by atoms with Crippen LogP contribution in [0.25, 0.3) is 115 Å². The first-order valence-electron chi connectivity index (χ1n) is 20.5. The Labute approximate surface area is 348 Å². The van der Waals surface area contributed by atoms with Crippen LogP contribution in [-0.4, -0.2) is 9.55 Å². The zero-order chi connectivity index (χ0) is 39.7. The van der Waals surface area contributed by atoms with E-state index in [9.17, 15) is 0 Å². The van der Waals surface area contributed by atoms with Crippen LogP contribution in [0.3, 0.4) is 0 Å². The highest BCUT2D eigenvalue weighted by Gasteiger charge is 2.23. The van der Waals surface area contributed by atoms with Crippen molar-refractivity contribution in [2.24, 2.45) is 0 Å². The number of hydrogen-bond donors (Lipinski definition) is 0. The van der Waals surface area contributed by atoms with E-state index in [1.54, 1.807) is 0 Å². The first-order chi connectivity index (χ1) is 29.7. The predicted molar refractivity (Wildman–Crippen MR) is 253 cm³/mol. The Bertz CT molecular complexity index is 3660. The van der Waals surface area contributed by atoms with Gasteiger partial charge in [0.05, 0.1) is 21.9 Å². The summed E-state index contributed by atoms with van der Waals surface area (Å²) in [5.41, 5.74) is 13.9. The van der Waals surface area contributed by atoms with Gasteiger partial charge in [0, 0.05) is 27.3 Å². The van der Waals surface area contributed by atoms with Crippen molar-refractivity contribution in [3.63, 3.8) is 0 Å². The second-order valence-electron chi connectivity index (χ2n) is 15.8. The molecule has 0 saturated heterocycles. The highest BCUT2D eigenvalue weighted by atomic mass is 15.1. The van der Waals surface area contributed by atoms with E-state index in [1.807, 2.05) is 6.07 Å². The number of pyridine rings is 1. The predicted octanol–water partition coefficient (Wildman–Crippen LogP) is 15.4. The van der Waals surface area contributed by atoms with Crippen molar-refractivity contribution in [2.75, 3.05) is 0 Å². The maximum atomic E-state index is 5.50. The molecule has 0 saturated carbocycles. The maximum absolute atomic E-state index is 5.50. The minimum absolute atomic E-state index is 0.863. The van der Waals surface area contributed by atoms with E-state index in [0.717, 1.165) is 44.4 Å². The minimum atomic E-state index is 0.863. The molecule has 2 heteroatoms. The van der Waals surface area contributed by atoms with Gasteiger partial charge in [0.2, 0.25) is 0 Å². The van der Waals surface area contributed by atoms with Crippen LogP contribution in [-0.2, 0) is 0 Å². The van der Waals surface area contributed by atoms with Crippen LogP contribution in [0.5, 0.6) is 0 Å². The average Bonchev–Trinajstić information content (AvgIpc) is 3.65. The molecule has 10 aromatic carbocycles. The van der Waals surface area contributed by atoms with Crippen molar-refractivity contribution < 1.29 is 0 Å². The first kappa shape index (κ1) is 34.1. The summed E-state index contributed by atoms with van der Waals surface area (Å²) in [7, 11) is 0. The molecule has 0 spiro atoms. The topological polar surface area (TPSA) is 17.8 Å². The quantitative estimate of drug-likeness (QED) is 0.171. The molecule has 0 fully saturated rings. The lowest BCUT2D eigenvalue weighted by Crippen LogP contribution is -2.01. The maximum Gasteiger partial charge on any atom is 0.139 e. The smallest absolute Gasteiger partial charge is 0.139 e. The molecule has 2 aromatic heterocycles. The van der Waals surface area contributed by atoms with Crippen LogP contribution in [0, 0.1) is 19.1 Å². The van der Waals surface area contributed by atoms with E-state index in [1.165, 1.54) is 76.5 Å². The lowest BCUT2D eigenvalue weighted by Gasteiger charge is -2.17. The van der Waals surface area contributed by atoms with Gasteiger partial charge in [-0.25, -0.2) is 4.98 Å². The van der Waals surface area contributed by atoms with E-state index in [2.05, 4.69) is 218 Å². The van der Waals surface area contributed by atoms with Gasteiger partial charge >= 0.3 is 0 Å². The van der Waals surface area contributed by atoms with Gasteiger partial charge in [-0.05, 0) is 103 Å². The van der Waals surface area contributed by atoms with Gasteiger partial charge in [0.25, 0.3) is 0 Å². The summed E-state index contributed by atoms with van der Waals surface area (Å²) in [5.74, 6) is 0.863. The highest BCUT2D eigenvalue weighted by Crippen LogP contribution is 2.46. The van der Waals surface area contributed by atoms with Crippen LogP contribution in [0.4, 0.5) is 0 Å². The second kappa shape index (κ2) is 13.6. The molecule has 12 rings (SSSR count). The third-order valence-corrected chi connectivity index (χ3v) is 12.4. The second-order valence-corrected chi connectivity index (χ2v) is 15.8. The van der Waals surface area contributed by atoms with Gasteiger partial charge < -0.3 is 0 Å². The molecule has 2 heterocycles. The van der Waals surface area contributed by atoms with Gasteiger partial charge in [0.1, 0.15) is 5.82 Å². The molecule has 0 bridgehead atoms. The number of aryl methyl sites for hydroxylation is 1. The number of benzene rings is 9. The van der Waals surface area contributed by atoms with Gasteiger partial charge in [-0.15, -0.1) is 0 Å². The molecular formula is C58H36N2. The molecular weight excluding hydrogens is 725 g/mol. The van der Waals surface area contributed by atoms with E-state index < -0.39 is 0 Å². The summed E-state index contributed by atoms with van der Waals surface area (Å²) in [6.07, 6.45) is 0. The monoisotopic (exact) mass is 760 g/mol. The molecule has 2 nitrogen and oxygen atoms in total. The fraction of sp³-hybridized carbons (Fsp3) is 0.0172. The summed E-state index contributed by atoms with van der Waals surface area (Å²) in [4.78, 5) is 5.50. The molecule has 0 atom stereocenters. The Balaban J connectivity index is 1.17. The summed E-state index contributed by atoms with van der Waals surface area (Å²) in [5, 5.41) is 10.5. The molecule has 0 radical (unpaired) electrons. The minimum Gasteiger partial charge on any atom is -0.292 e. The van der Waals surface area contributed by atoms with Crippen molar-refractivity contribution in [3.8, 4) is 50.3 Å². The number of rotatable bonds is 5. The van der Waals surface area contributed by atoms with E-state index in [-0.39, 0.29) is 0 Å². The number of fused-ring (bicyclic) bond motifs is 8. The van der Waals surface area contributed by atoms with Crippen molar-refractivity contribution in [1.29, 1.82) is 0 Å². The molecule has 0 aliphatic carbocycles. The third kappa shape index (κ3) is 5.34. The van der Waals surface area contributed by atoms with Crippen molar-refractivity contribution in [3.05, 3.63) is 218 Å². The van der Waals surface area contributed by atoms with Crippen LogP contribution in [0.1, 0.15) is 5.56 Å². The van der Waals surface area contributed by atoms with E-state index >= 15 is 0 Å². The van der Waals surface area contributed by atoms with Crippen LogP contribution >= 0.6 is 0 Å². The molecule has 0 aliphatic heterocycles. The molecule has 0 aliphatic rings. The average molecular weight is 761 g/mol. The normalized spacial score (nSPS) is 11.6. The summed E-state index contributed by atoms with van der Waals surface area (Å²) < 4.78 is 2.44. The molecule has 0 N–H and O–H groups in total. The lowest BCUT2D eigenvalue weighted by atomic mass is 9.90. The Kier molecular flexibility index (Phi) is 7.70. The lowest BCUT2D eigenvalue weighted by molar-refractivity contribution is 1.11. The first-order valence-corrected chi connectivity index (χ1v) is 20.5. The summed E-state index contributed by atoms with van der Waals surface area (Å²) >= 11 is 0. The Morgan fingerprint density at radius 3 is 1.90 bits per heavy atom. The van der Waals surface area contributed by atoms with Gasteiger partial charge in [0.15, 0.2) is 0 Å². The molecule has 60 heavy (non-hydrogen) atoms. The Hall–Kier alpha value is -7.99. The van der Waals surface area contributed by atoms with Crippen LogP contribution < -0.4 is 0 Å². The van der Waals surface area contributed by atoms with E-state index in [0.29, 0.717) is 0 Å². The molecule has 0 unspecified atom stereocenters. The van der Waals surface area contributed by atoms with Crippen LogP contribution in [0.2, 0.25) is 0 Å². The summed E-state index contributed by atoms with van der Waals surface area (Å²) in [6, 6.07) is 79.3. The summed E-state index contributed by atoms with van der Waals surface area (Å²) in [6.45, 7) is 2.19. The Morgan fingerprint density at radius 1 is 0.417 bits per heavy atom. The molecule has 278 valence electrons. The number of hydrogen-bond acceptors (Lipinski definition) is 1. The van der Waals surface area contributed by atoms with Gasteiger partial charge in [-0.3, -0.25) is 4.57 Å². The zero-order valence-corrected chi connectivity index (χ0v) is 32.9. The fourth-order valence-corrected chi connectivity index (χ4v) is 9.52. The van der Waals surface area contributed by atoms with Gasteiger partial charge in [-0.1, -0.05) is 182 Å². The molecule has 0 amide bonds. The standard InChI is InChI=1S/C58H36N2/c1-37-14-2-7-19-45(37)49-23-11-10-20-46(49)40-27-29-41(30-28-40)56-47-21-8-6-18-43(47)35-53-51-33-32-39-16-5-9-22-48(39)57(51)60(58(53)56)55-36-52(50-24-12-13-25-54(50)59-55)44-31-26-38-15-3-4-17-42(38)34-44/h2-11,13-23,25-36H,1H3. The van der Waals surface area contributed by atoms with Crippen LogP contribution in [0.15, 0.2) is 200 Å². The highest BCUT2D eigenvalue weighted by molar-refractivity contribution is 6.25. The largest absolute Gasteiger partial charge is 0.292 e. The number of nitrogens with zero attached hydrogens (tertiary/aromatic N) is 2. The molecule has 12 aromatic rings.